The van der Waals surface area contributed by atoms with E-state index in [1.165, 1.54) is 0 Å². The molecule has 0 aromatic heterocycles. The van der Waals surface area contributed by atoms with E-state index < -0.39 is 0 Å². The number of hydrogen-bond donors (Lipinski definition) is 2. The van der Waals surface area contributed by atoms with Crippen LogP contribution in [0, 0.1) is 11.8 Å². The Morgan fingerprint density at radius 3 is 2.71 bits per heavy atom. The topological polar surface area (TPSA) is 55.1 Å². The SMILES string of the molecule is CC(C)C(CN)C(=O)NCc1cccc(Br)c1. The Morgan fingerprint density at radius 1 is 1.47 bits per heavy atom. The molecule has 0 saturated heterocycles. The van der Waals surface area contributed by atoms with Gasteiger partial charge in [0.1, 0.15) is 0 Å². The summed E-state index contributed by atoms with van der Waals surface area (Å²) in [5, 5.41) is 2.92. The lowest BCUT2D eigenvalue weighted by atomic mass is 9.95. The van der Waals surface area contributed by atoms with Gasteiger partial charge >= 0.3 is 0 Å². The zero-order valence-electron chi connectivity index (χ0n) is 10.2. The number of nitrogens with two attached hydrogens (primary N) is 1. The Morgan fingerprint density at radius 2 is 2.18 bits per heavy atom. The number of amides is 1. The molecular weight excluding hydrogens is 280 g/mol. The van der Waals surface area contributed by atoms with Gasteiger partial charge in [0.25, 0.3) is 0 Å². The molecule has 94 valence electrons. The number of hydrogen-bond acceptors (Lipinski definition) is 2. The summed E-state index contributed by atoms with van der Waals surface area (Å²) in [6, 6.07) is 7.89. The molecule has 1 rings (SSSR count). The van der Waals surface area contributed by atoms with E-state index in [2.05, 4.69) is 21.2 Å². The van der Waals surface area contributed by atoms with Crippen molar-refractivity contribution in [2.75, 3.05) is 6.54 Å². The Bertz CT molecular complexity index is 379. The van der Waals surface area contributed by atoms with Crippen LogP contribution >= 0.6 is 15.9 Å². The predicted molar refractivity (Wildman–Crippen MR) is 73.4 cm³/mol. The van der Waals surface area contributed by atoms with Crippen LogP contribution in [0.1, 0.15) is 19.4 Å². The van der Waals surface area contributed by atoms with Gasteiger partial charge in [-0.1, -0.05) is 41.9 Å². The second-order valence-corrected chi connectivity index (χ2v) is 5.35. The zero-order chi connectivity index (χ0) is 12.8. The van der Waals surface area contributed by atoms with E-state index in [0.29, 0.717) is 13.1 Å². The minimum absolute atomic E-state index is 0.0301. The normalized spacial score (nSPS) is 12.5. The standard InChI is InChI=1S/C13H19BrN2O/c1-9(2)12(7-15)13(17)16-8-10-4-3-5-11(14)6-10/h3-6,9,12H,7-8,15H2,1-2H3,(H,16,17). The molecule has 3 nitrogen and oxygen atoms in total. The van der Waals surface area contributed by atoms with Crippen LogP contribution in [0.3, 0.4) is 0 Å². The van der Waals surface area contributed by atoms with Crippen molar-refractivity contribution in [2.24, 2.45) is 17.6 Å². The van der Waals surface area contributed by atoms with Crippen molar-refractivity contribution in [1.29, 1.82) is 0 Å². The van der Waals surface area contributed by atoms with Crippen molar-refractivity contribution in [3.63, 3.8) is 0 Å². The maximum Gasteiger partial charge on any atom is 0.224 e. The molecular formula is C13H19BrN2O. The van der Waals surface area contributed by atoms with Crippen LogP contribution in [0.5, 0.6) is 0 Å². The summed E-state index contributed by atoms with van der Waals surface area (Å²) >= 11 is 3.40. The molecule has 0 radical (unpaired) electrons. The fourth-order valence-electron chi connectivity index (χ4n) is 1.65. The number of carbonyl (C=O) groups is 1. The first-order valence-electron chi connectivity index (χ1n) is 5.76. The molecule has 1 atom stereocenters. The summed E-state index contributed by atoms with van der Waals surface area (Å²) in [5.41, 5.74) is 6.68. The van der Waals surface area contributed by atoms with Gasteiger partial charge in [-0.3, -0.25) is 4.79 Å². The van der Waals surface area contributed by atoms with Crippen LogP contribution in [-0.4, -0.2) is 12.5 Å². The van der Waals surface area contributed by atoms with Gasteiger partial charge in [-0.25, -0.2) is 0 Å². The van der Waals surface area contributed by atoms with Gasteiger partial charge in [0.15, 0.2) is 0 Å². The highest BCUT2D eigenvalue weighted by Gasteiger charge is 2.19. The van der Waals surface area contributed by atoms with Crippen LogP contribution in [0.15, 0.2) is 28.7 Å². The minimum Gasteiger partial charge on any atom is -0.352 e. The van der Waals surface area contributed by atoms with Crippen molar-refractivity contribution in [3.8, 4) is 0 Å². The molecule has 0 fully saturated rings. The molecule has 4 heteroatoms. The number of benzene rings is 1. The largest absolute Gasteiger partial charge is 0.352 e. The van der Waals surface area contributed by atoms with E-state index in [1.807, 2.05) is 38.1 Å². The number of nitrogens with one attached hydrogen (secondary N) is 1. The van der Waals surface area contributed by atoms with E-state index in [9.17, 15) is 4.79 Å². The first-order chi connectivity index (χ1) is 8.04. The quantitative estimate of drug-likeness (QED) is 0.876. The van der Waals surface area contributed by atoms with Crippen LogP contribution < -0.4 is 11.1 Å². The van der Waals surface area contributed by atoms with E-state index in [0.717, 1.165) is 10.0 Å². The zero-order valence-corrected chi connectivity index (χ0v) is 11.8. The first kappa shape index (κ1) is 14.2. The molecule has 1 unspecified atom stereocenters. The summed E-state index contributed by atoms with van der Waals surface area (Å²) in [6.07, 6.45) is 0. The Hall–Kier alpha value is -0.870. The third-order valence-electron chi connectivity index (χ3n) is 2.75. The highest BCUT2D eigenvalue weighted by molar-refractivity contribution is 9.10. The van der Waals surface area contributed by atoms with Crippen molar-refractivity contribution in [3.05, 3.63) is 34.3 Å². The summed E-state index contributed by atoms with van der Waals surface area (Å²) in [4.78, 5) is 11.9. The van der Waals surface area contributed by atoms with E-state index in [4.69, 9.17) is 5.73 Å². The molecule has 0 spiro atoms. The molecule has 1 aromatic carbocycles. The molecule has 0 bridgehead atoms. The molecule has 0 heterocycles. The summed E-state index contributed by atoms with van der Waals surface area (Å²) < 4.78 is 1.02. The van der Waals surface area contributed by atoms with Crippen LogP contribution in [0.25, 0.3) is 0 Å². The van der Waals surface area contributed by atoms with Gasteiger partial charge in [-0.2, -0.15) is 0 Å². The average molecular weight is 299 g/mol. The van der Waals surface area contributed by atoms with Gasteiger partial charge in [-0.05, 0) is 23.6 Å². The summed E-state index contributed by atoms with van der Waals surface area (Å²) in [6.45, 7) is 4.95. The Labute approximate surface area is 111 Å². The molecule has 0 aliphatic carbocycles. The fraction of sp³-hybridized carbons (Fsp3) is 0.462. The molecule has 0 saturated carbocycles. The van der Waals surface area contributed by atoms with Gasteiger partial charge in [0, 0.05) is 17.6 Å². The lowest BCUT2D eigenvalue weighted by molar-refractivity contribution is -0.126. The molecule has 0 aliphatic rings. The van der Waals surface area contributed by atoms with Crippen molar-refractivity contribution >= 4 is 21.8 Å². The fourth-order valence-corrected chi connectivity index (χ4v) is 2.10. The maximum absolute atomic E-state index is 11.9. The lowest BCUT2D eigenvalue weighted by Gasteiger charge is -2.18. The second kappa shape index (κ2) is 6.77. The smallest absolute Gasteiger partial charge is 0.224 e. The predicted octanol–water partition coefficient (Wildman–Crippen LogP) is 2.30. The number of rotatable bonds is 5. The van der Waals surface area contributed by atoms with Crippen molar-refractivity contribution in [2.45, 2.75) is 20.4 Å². The van der Waals surface area contributed by atoms with Gasteiger partial charge in [0.05, 0.1) is 5.92 Å². The molecule has 17 heavy (non-hydrogen) atoms. The second-order valence-electron chi connectivity index (χ2n) is 4.43. The first-order valence-corrected chi connectivity index (χ1v) is 6.56. The molecule has 1 amide bonds. The van der Waals surface area contributed by atoms with Crippen LogP contribution in [0.2, 0.25) is 0 Å². The lowest BCUT2D eigenvalue weighted by Crippen LogP contribution is -2.37. The van der Waals surface area contributed by atoms with Crippen molar-refractivity contribution in [1.82, 2.24) is 5.32 Å². The monoisotopic (exact) mass is 298 g/mol. The van der Waals surface area contributed by atoms with Crippen LogP contribution in [0.4, 0.5) is 0 Å². The highest BCUT2D eigenvalue weighted by atomic mass is 79.9. The average Bonchev–Trinajstić information content (AvgIpc) is 2.27. The van der Waals surface area contributed by atoms with E-state index >= 15 is 0 Å². The van der Waals surface area contributed by atoms with Gasteiger partial charge < -0.3 is 11.1 Å². The summed E-state index contributed by atoms with van der Waals surface area (Å²) in [5.74, 6) is 0.187. The number of carbonyl (C=O) groups excluding carboxylic acids is 1. The summed E-state index contributed by atoms with van der Waals surface area (Å²) in [7, 11) is 0. The van der Waals surface area contributed by atoms with Crippen molar-refractivity contribution < 1.29 is 4.79 Å². The Balaban J connectivity index is 2.53. The van der Waals surface area contributed by atoms with Gasteiger partial charge in [0.2, 0.25) is 5.91 Å². The number of halogens is 1. The van der Waals surface area contributed by atoms with E-state index in [1.54, 1.807) is 0 Å². The molecule has 1 aromatic rings. The third kappa shape index (κ3) is 4.48. The third-order valence-corrected chi connectivity index (χ3v) is 3.24. The molecule has 3 N–H and O–H groups in total. The Kier molecular flexibility index (Phi) is 5.65. The van der Waals surface area contributed by atoms with E-state index in [-0.39, 0.29) is 17.7 Å². The van der Waals surface area contributed by atoms with Crippen LogP contribution in [-0.2, 0) is 11.3 Å². The maximum atomic E-state index is 11.9. The van der Waals surface area contributed by atoms with Gasteiger partial charge in [-0.15, -0.1) is 0 Å². The molecule has 0 aliphatic heterocycles. The highest BCUT2D eigenvalue weighted by Crippen LogP contribution is 2.12. The minimum atomic E-state index is -0.109.